The van der Waals surface area contributed by atoms with E-state index in [0.717, 1.165) is 12.1 Å². The van der Waals surface area contributed by atoms with Crippen LogP contribution in [0.3, 0.4) is 0 Å². The van der Waals surface area contributed by atoms with Gasteiger partial charge in [0.2, 0.25) is 0 Å². The molecule has 0 aliphatic rings. The van der Waals surface area contributed by atoms with E-state index < -0.39 is 17.6 Å². The Morgan fingerprint density at radius 3 is 2.43 bits per heavy atom. The topological polar surface area (TPSA) is 58.4 Å². The lowest BCUT2D eigenvalue weighted by atomic mass is 10.1. The van der Waals surface area contributed by atoms with Crippen molar-refractivity contribution in [1.29, 1.82) is 0 Å². The Kier molecular flexibility index (Phi) is 4.49. The molecule has 0 bridgehead atoms. The second kappa shape index (κ2) is 6.20. The molecule has 3 N–H and O–H groups in total. The van der Waals surface area contributed by atoms with E-state index in [1.165, 1.54) is 18.2 Å². The Hall–Kier alpha value is -2.70. The average Bonchev–Trinajstić information content (AvgIpc) is 2.46. The molecule has 2 aromatic carbocycles. The van der Waals surface area contributed by atoms with Crippen LogP contribution in [0.5, 0.6) is 0 Å². The van der Waals surface area contributed by atoms with Crippen molar-refractivity contribution in [3.63, 3.8) is 0 Å². The number of amides is 1. The number of benzene rings is 2. The molecule has 23 heavy (non-hydrogen) atoms. The van der Waals surface area contributed by atoms with Crippen LogP contribution in [0.1, 0.15) is 15.9 Å². The Labute approximate surface area is 131 Å². The van der Waals surface area contributed by atoms with Crippen LogP contribution in [-0.2, 0) is 6.18 Å². The van der Waals surface area contributed by atoms with E-state index in [1.807, 2.05) is 0 Å². The first kappa shape index (κ1) is 16.7. The molecule has 2 aromatic rings. The third kappa shape index (κ3) is 3.94. The first-order valence-corrected chi connectivity index (χ1v) is 6.74. The lowest BCUT2D eigenvalue weighted by Crippen LogP contribution is -2.19. The van der Waals surface area contributed by atoms with Crippen LogP contribution in [0, 0.1) is 0 Å². The van der Waals surface area contributed by atoms with Crippen molar-refractivity contribution in [3.05, 3.63) is 53.6 Å². The molecule has 0 aliphatic heterocycles. The predicted octanol–water partition coefficient (Wildman–Crippen LogP) is 3.61. The van der Waals surface area contributed by atoms with Gasteiger partial charge < -0.3 is 16.0 Å². The van der Waals surface area contributed by atoms with Crippen molar-refractivity contribution in [3.8, 4) is 0 Å². The van der Waals surface area contributed by atoms with E-state index in [4.69, 9.17) is 5.73 Å². The summed E-state index contributed by atoms with van der Waals surface area (Å²) in [6.07, 6.45) is -4.47. The fourth-order valence-corrected chi connectivity index (χ4v) is 2.10. The quantitative estimate of drug-likeness (QED) is 0.849. The van der Waals surface area contributed by atoms with Gasteiger partial charge in [0.05, 0.1) is 11.1 Å². The van der Waals surface area contributed by atoms with Gasteiger partial charge in [-0.05, 0) is 36.4 Å². The number of rotatable bonds is 3. The maximum atomic E-state index is 12.7. The van der Waals surface area contributed by atoms with Gasteiger partial charge in [-0.25, -0.2) is 0 Å². The molecule has 4 nitrogen and oxygen atoms in total. The minimum Gasteiger partial charge on any atom is -0.399 e. The Morgan fingerprint density at radius 2 is 1.83 bits per heavy atom. The zero-order valence-corrected chi connectivity index (χ0v) is 12.6. The van der Waals surface area contributed by atoms with E-state index in [2.05, 4.69) is 5.32 Å². The minimum atomic E-state index is -4.47. The zero-order valence-electron chi connectivity index (χ0n) is 12.6. The number of hydrogen-bond acceptors (Lipinski definition) is 3. The lowest BCUT2D eigenvalue weighted by molar-refractivity contribution is -0.137. The number of carbonyl (C=O) groups is 1. The number of carbonyl (C=O) groups excluding carboxylic acids is 1. The van der Waals surface area contributed by atoms with Gasteiger partial charge in [0.25, 0.3) is 5.91 Å². The van der Waals surface area contributed by atoms with E-state index in [-0.39, 0.29) is 11.3 Å². The molecule has 0 fully saturated rings. The van der Waals surface area contributed by atoms with Crippen LogP contribution in [0.2, 0.25) is 0 Å². The average molecular weight is 323 g/mol. The second-order valence-corrected chi connectivity index (χ2v) is 5.20. The summed E-state index contributed by atoms with van der Waals surface area (Å²) >= 11 is 0. The SMILES string of the molecule is CN(C)c1ccc(N)cc1C(=O)Nc1cccc(C(F)(F)F)c1. The molecule has 0 saturated carbocycles. The maximum Gasteiger partial charge on any atom is 0.416 e. The Balaban J connectivity index is 2.32. The summed E-state index contributed by atoms with van der Waals surface area (Å²) in [5, 5.41) is 2.47. The molecule has 0 atom stereocenters. The number of halogens is 3. The predicted molar refractivity (Wildman–Crippen MR) is 84.6 cm³/mol. The number of nitrogens with two attached hydrogens (primary N) is 1. The third-order valence-corrected chi connectivity index (χ3v) is 3.19. The van der Waals surface area contributed by atoms with Gasteiger partial charge in [0, 0.05) is 31.2 Å². The standard InChI is InChI=1S/C16H16F3N3O/c1-22(2)14-7-6-11(20)9-13(14)15(23)21-12-5-3-4-10(8-12)16(17,18)19/h3-9H,20H2,1-2H3,(H,21,23). The van der Waals surface area contributed by atoms with Crippen molar-refractivity contribution in [2.24, 2.45) is 0 Å². The van der Waals surface area contributed by atoms with Gasteiger partial charge in [-0.15, -0.1) is 0 Å². The fourth-order valence-electron chi connectivity index (χ4n) is 2.10. The summed E-state index contributed by atoms with van der Waals surface area (Å²) in [7, 11) is 3.51. The number of nitrogen functional groups attached to an aromatic ring is 1. The molecule has 0 spiro atoms. The zero-order chi connectivity index (χ0) is 17.2. The van der Waals surface area contributed by atoms with Gasteiger partial charge in [-0.1, -0.05) is 6.07 Å². The first-order valence-electron chi connectivity index (χ1n) is 6.74. The van der Waals surface area contributed by atoms with Gasteiger partial charge in [0.1, 0.15) is 0 Å². The molecular formula is C16H16F3N3O. The van der Waals surface area contributed by atoms with Gasteiger partial charge in [0.15, 0.2) is 0 Å². The van der Waals surface area contributed by atoms with E-state index >= 15 is 0 Å². The van der Waals surface area contributed by atoms with Crippen LogP contribution in [0.15, 0.2) is 42.5 Å². The summed E-state index contributed by atoms with van der Waals surface area (Å²) in [6.45, 7) is 0. The van der Waals surface area contributed by atoms with Gasteiger partial charge in [-0.3, -0.25) is 4.79 Å². The smallest absolute Gasteiger partial charge is 0.399 e. The summed E-state index contributed by atoms with van der Waals surface area (Å²) in [5.41, 5.74) is 6.23. The monoisotopic (exact) mass is 323 g/mol. The number of anilines is 3. The highest BCUT2D eigenvalue weighted by atomic mass is 19.4. The highest BCUT2D eigenvalue weighted by Crippen LogP contribution is 2.31. The molecule has 0 unspecified atom stereocenters. The van der Waals surface area contributed by atoms with E-state index in [1.54, 1.807) is 31.1 Å². The Bertz CT molecular complexity index is 727. The molecule has 0 aromatic heterocycles. The molecule has 1 amide bonds. The van der Waals surface area contributed by atoms with Gasteiger partial charge in [-0.2, -0.15) is 13.2 Å². The fraction of sp³-hybridized carbons (Fsp3) is 0.188. The van der Waals surface area contributed by atoms with Gasteiger partial charge >= 0.3 is 6.18 Å². The molecule has 7 heteroatoms. The number of nitrogens with zero attached hydrogens (tertiary/aromatic N) is 1. The molecule has 122 valence electrons. The van der Waals surface area contributed by atoms with Crippen molar-refractivity contribution in [2.45, 2.75) is 6.18 Å². The summed E-state index contributed by atoms with van der Waals surface area (Å²) in [5.74, 6) is -0.527. The molecule has 2 rings (SSSR count). The van der Waals surface area contributed by atoms with Crippen molar-refractivity contribution in [1.82, 2.24) is 0 Å². The molecular weight excluding hydrogens is 307 g/mol. The highest BCUT2D eigenvalue weighted by molar-refractivity contribution is 6.08. The molecule has 0 radical (unpaired) electrons. The van der Waals surface area contributed by atoms with Crippen LogP contribution in [-0.4, -0.2) is 20.0 Å². The summed E-state index contributed by atoms with van der Waals surface area (Å²) < 4.78 is 38.1. The maximum absolute atomic E-state index is 12.7. The van der Waals surface area contributed by atoms with E-state index in [9.17, 15) is 18.0 Å². The summed E-state index contributed by atoms with van der Waals surface area (Å²) in [4.78, 5) is 14.1. The second-order valence-electron chi connectivity index (χ2n) is 5.20. The van der Waals surface area contributed by atoms with Crippen LogP contribution >= 0.6 is 0 Å². The number of hydrogen-bond donors (Lipinski definition) is 2. The van der Waals surface area contributed by atoms with Crippen molar-refractivity contribution < 1.29 is 18.0 Å². The van der Waals surface area contributed by atoms with E-state index in [0.29, 0.717) is 11.4 Å². The summed E-state index contributed by atoms with van der Waals surface area (Å²) in [6, 6.07) is 9.28. The molecule has 0 aliphatic carbocycles. The lowest BCUT2D eigenvalue weighted by Gasteiger charge is -2.18. The third-order valence-electron chi connectivity index (χ3n) is 3.19. The Morgan fingerprint density at radius 1 is 1.13 bits per heavy atom. The number of nitrogens with one attached hydrogen (secondary N) is 1. The normalized spacial score (nSPS) is 11.2. The minimum absolute atomic E-state index is 0.0666. The largest absolute Gasteiger partial charge is 0.416 e. The van der Waals surface area contributed by atoms with Crippen LogP contribution < -0.4 is 16.0 Å². The number of alkyl halides is 3. The van der Waals surface area contributed by atoms with Crippen LogP contribution in [0.25, 0.3) is 0 Å². The molecule has 0 heterocycles. The van der Waals surface area contributed by atoms with Crippen LogP contribution in [0.4, 0.5) is 30.2 Å². The highest BCUT2D eigenvalue weighted by Gasteiger charge is 2.30. The van der Waals surface area contributed by atoms with Crippen molar-refractivity contribution >= 4 is 23.0 Å². The first-order chi connectivity index (χ1) is 10.7. The van der Waals surface area contributed by atoms with Crippen molar-refractivity contribution in [2.75, 3.05) is 30.0 Å². The molecule has 0 saturated heterocycles.